The van der Waals surface area contributed by atoms with E-state index >= 15 is 0 Å². The molecule has 2 aromatic rings. The normalized spacial score (nSPS) is 19.9. The number of amides is 1. The Morgan fingerprint density at radius 2 is 2.30 bits per heavy atom. The zero-order chi connectivity index (χ0) is 15.8. The maximum absolute atomic E-state index is 12.9. The number of hydrogen-bond donors (Lipinski definition) is 1. The summed E-state index contributed by atoms with van der Waals surface area (Å²) in [6, 6.07) is 7.53. The number of carbonyl (C=O) groups is 1. The summed E-state index contributed by atoms with van der Waals surface area (Å²) < 4.78 is 10.8. The fourth-order valence-corrected chi connectivity index (χ4v) is 3.32. The Morgan fingerprint density at radius 1 is 1.39 bits per heavy atom. The topological polar surface area (TPSA) is 67.5 Å². The van der Waals surface area contributed by atoms with Crippen LogP contribution in [0.3, 0.4) is 0 Å². The number of aromatic nitrogens is 2. The second-order valence-electron chi connectivity index (χ2n) is 6.11. The minimum atomic E-state index is 0.00399. The third kappa shape index (κ3) is 2.54. The maximum Gasteiger partial charge on any atom is 0.257 e. The second kappa shape index (κ2) is 5.61. The molecular weight excluding hydrogens is 294 g/mol. The Morgan fingerprint density at radius 3 is 3.13 bits per heavy atom. The van der Waals surface area contributed by atoms with E-state index in [0.29, 0.717) is 23.6 Å². The molecule has 1 aromatic heterocycles. The summed E-state index contributed by atoms with van der Waals surface area (Å²) in [6.45, 7) is 3.62. The van der Waals surface area contributed by atoms with Crippen LogP contribution in [0.15, 0.2) is 24.3 Å². The number of benzene rings is 1. The van der Waals surface area contributed by atoms with Crippen LogP contribution in [0.4, 0.5) is 0 Å². The Bertz CT molecular complexity index is 740. The lowest BCUT2D eigenvalue weighted by molar-refractivity contribution is 0.0701. The highest BCUT2D eigenvalue weighted by Gasteiger charge is 2.30. The van der Waals surface area contributed by atoms with Crippen molar-refractivity contribution in [3.63, 3.8) is 0 Å². The summed E-state index contributed by atoms with van der Waals surface area (Å²) >= 11 is 0. The Hall–Kier alpha value is -2.50. The van der Waals surface area contributed by atoms with Crippen LogP contribution < -0.4 is 9.47 Å². The van der Waals surface area contributed by atoms with E-state index < -0.39 is 0 Å². The zero-order valence-electron chi connectivity index (χ0n) is 13.0. The first-order chi connectivity index (χ1) is 11.2. The number of piperidine rings is 1. The van der Waals surface area contributed by atoms with Crippen LogP contribution >= 0.6 is 0 Å². The van der Waals surface area contributed by atoms with Crippen molar-refractivity contribution < 1.29 is 14.3 Å². The third-order valence-corrected chi connectivity index (χ3v) is 4.48. The fourth-order valence-electron chi connectivity index (χ4n) is 3.32. The standard InChI is InChI=1S/C17H19N3O3/c1-11-8-14(19-18-11)12-4-3-7-20(9-12)17(21)13-5-2-6-15-16(13)23-10-22-15/h2,5-6,8,12H,3-4,7,9-10H2,1H3,(H,18,19). The van der Waals surface area contributed by atoms with E-state index in [1.807, 2.05) is 24.0 Å². The minimum absolute atomic E-state index is 0.00399. The molecule has 0 bridgehead atoms. The minimum Gasteiger partial charge on any atom is -0.454 e. The van der Waals surface area contributed by atoms with Crippen molar-refractivity contribution in [2.24, 2.45) is 0 Å². The number of nitrogens with one attached hydrogen (secondary N) is 1. The van der Waals surface area contributed by atoms with Crippen molar-refractivity contribution in [2.75, 3.05) is 19.9 Å². The molecule has 1 aromatic carbocycles. The highest BCUT2D eigenvalue weighted by molar-refractivity contribution is 5.98. The van der Waals surface area contributed by atoms with Gasteiger partial charge in [-0.1, -0.05) is 6.07 Å². The second-order valence-corrected chi connectivity index (χ2v) is 6.11. The molecule has 1 N–H and O–H groups in total. The van der Waals surface area contributed by atoms with Gasteiger partial charge in [0.25, 0.3) is 5.91 Å². The number of likely N-dealkylation sites (tertiary alicyclic amines) is 1. The highest BCUT2D eigenvalue weighted by Crippen LogP contribution is 2.37. The molecule has 1 unspecified atom stereocenters. The first kappa shape index (κ1) is 14.1. The van der Waals surface area contributed by atoms with Gasteiger partial charge in [0.15, 0.2) is 11.5 Å². The molecule has 4 rings (SSSR count). The molecule has 23 heavy (non-hydrogen) atoms. The van der Waals surface area contributed by atoms with Gasteiger partial charge < -0.3 is 14.4 Å². The number of para-hydroxylation sites is 1. The summed E-state index contributed by atoms with van der Waals surface area (Å²) in [5.74, 6) is 1.50. The molecular formula is C17H19N3O3. The van der Waals surface area contributed by atoms with Crippen LogP contribution in [0.1, 0.15) is 40.5 Å². The maximum atomic E-state index is 12.9. The number of fused-ring (bicyclic) bond motifs is 1. The molecule has 2 aliphatic heterocycles. The third-order valence-electron chi connectivity index (χ3n) is 4.48. The number of rotatable bonds is 2. The van der Waals surface area contributed by atoms with E-state index in [1.165, 1.54) is 0 Å². The van der Waals surface area contributed by atoms with Gasteiger partial charge >= 0.3 is 0 Å². The van der Waals surface area contributed by atoms with Gasteiger partial charge in [0.05, 0.1) is 11.3 Å². The van der Waals surface area contributed by atoms with Crippen molar-refractivity contribution in [1.29, 1.82) is 0 Å². The molecule has 3 heterocycles. The lowest BCUT2D eigenvalue weighted by Crippen LogP contribution is -2.39. The van der Waals surface area contributed by atoms with Crippen molar-refractivity contribution in [3.8, 4) is 11.5 Å². The first-order valence-corrected chi connectivity index (χ1v) is 7.92. The monoisotopic (exact) mass is 313 g/mol. The average molecular weight is 313 g/mol. The first-order valence-electron chi connectivity index (χ1n) is 7.92. The number of H-pyrrole nitrogens is 1. The molecule has 1 atom stereocenters. The number of hydrogen-bond acceptors (Lipinski definition) is 4. The number of aryl methyl sites for hydroxylation is 1. The summed E-state index contributed by atoms with van der Waals surface area (Å²) in [5.41, 5.74) is 2.67. The van der Waals surface area contributed by atoms with E-state index in [2.05, 4.69) is 16.3 Å². The fraction of sp³-hybridized carbons (Fsp3) is 0.412. The molecule has 0 aliphatic carbocycles. The van der Waals surface area contributed by atoms with E-state index in [-0.39, 0.29) is 18.6 Å². The molecule has 120 valence electrons. The Balaban J connectivity index is 1.56. The van der Waals surface area contributed by atoms with Crippen LogP contribution in [0.5, 0.6) is 11.5 Å². The summed E-state index contributed by atoms with van der Waals surface area (Å²) in [4.78, 5) is 14.8. The van der Waals surface area contributed by atoms with E-state index in [4.69, 9.17) is 9.47 Å². The molecule has 0 radical (unpaired) electrons. The molecule has 6 nitrogen and oxygen atoms in total. The molecule has 0 spiro atoms. The van der Waals surface area contributed by atoms with Crippen LogP contribution in [-0.4, -0.2) is 40.9 Å². The van der Waals surface area contributed by atoms with Crippen molar-refractivity contribution in [1.82, 2.24) is 15.1 Å². The van der Waals surface area contributed by atoms with Gasteiger partial charge in [0, 0.05) is 24.7 Å². The summed E-state index contributed by atoms with van der Waals surface area (Å²) in [6.07, 6.45) is 2.04. The predicted octanol–water partition coefficient (Wildman–Crippen LogP) is 2.47. The number of nitrogens with zero attached hydrogens (tertiary/aromatic N) is 2. The molecule has 6 heteroatoms. The van der Waals surface area contributed by atoms with Crippen LogP contribution in [0.2, 0.25) is 0 Å². The lowest BCUT2D eigenvalue weighted by atomic mass is 9.94. The van der Waals surface area contributed by atoms with Gasteiger partial charge in [-0.15, -0.1) is 0 Å². The summed E-state index contributed by atoms with van der Waals surface area (Å²) in [5, 5.41) is 7.34. The van der Waals surface area contributed by atoms with Crippen LogP contribution in [0.25, 0.3) is 0 Å². The van der Waals surface area contributed by atoms with Crippen molar-refractivity contribution in [2.45, 2.75) is 25.7 Å². The predicted molar refractivity (Wildman–Crippen MR) is 83.8 cm³/mol. The molecule has 1 amide bonds. The van der Waals surface area contributed by atoms with Gasteiger partial charge in [-0.3, -0.25) is 9.89 Å². The van der Waals surface area contributed by atoms with Crippen molar-refractivity contribution in [3.05, 3.63) is 41.2 Å². The number of ether oxygens (including phenoxy) is 2. The van der Waals surface area contributed by atoms with Gasteiger partial charge in [-0.2, -0.15) is 5.10 Å². The van der Waals surface area contributed by atoms with Gasteiger partial charge in [-0.05, 0) is 38.0 Å². The Kier molecular flexibility index (Phi) is 3.44. The molecule has 2 aliphatic rings. The van der Waals surface area contributed by atoms with E-state index in [9.17, 15) is 4.79 Å². The van der Waals surface area contributed by atoms with E-state index in [1.54, 1.807) is 6.07 Å². The van der Waals surface area contributed by atoms with Gasteiger partial charge in [-0.25, -0.2) is 0 Å². The zero-order valence-corrected chi connectivity index (χ0v) is 13.0. The molecule has 0 saturated carbocycles. The lowest BCUT2D eigenvalue weighted by Gasteiger charge is -2.32. The highest BCUT2D eigenvalue weighted by atomic mass is 16.7. The number of carbonyl (C=O) groups excluding carboxylic acids is 1. The average Bonchev–Trinajstić information content (AvgIpc) is 3.22. The van der Waals surface area contributed by atoms with Gasteiger partial charge in [0.1, 0.15) is 0 Å². The quantitative estimate of drug-likeness (QED) is 0.925. The van der Waals surface area contributed by atoms with Crippen LogP contribution in [-0.2, 0) is 0 Å². The Labute approximate surface area is 134 Å². The summed E-state index contributed by atoms with van der Waals surface area (Å²) in [7, 11) is 0. The van der Waals surface area contributed by atoms with Gasteiger partial charge in [0.2, 0.25) is 6.79 Å². The largest absolute Gasteiger partial charge is 0.454 e. The van der Waals surface area contributed by atoms with Crippen molar-refractivity contribution >= 4 is 5.91 Å². The van der Waals surface area contributed by atoms with E-state index in [0.717, 1.165) is 30.8 Å². The van der Waals surface area contributed by atoms with Crippen LogP contribution in [0, 0.1) is 6.92 Å². The smallest absolute Gasteiger partial charge is 0.257 e. The SMILES string of the molecule is Cc1cc(C2CCCN(C(=O)c3cccc4c3OCO4)C2)n[nH]1. The molecule has 1 fully saturated rings. The molecule has 1 saturated heterocycles. The number of aromatic amines is 1.